The molecule has 1 atom stereocenters. The predicted molar refractivity (Wildman–Crippen MR) is 106 cm³/mol. The number of fused-ring (bicyclic) bond motifs is 1. The first-order chi connectivity index (χ1) is 12.0. The van der Waals surface area contributed by atoms with Gasteiger partial charge in [-0.05, 0) is 43.3 Å². The highest BCUT2D eigenvalue weighted by Gasteiger charge is 2.17. The molecule has 25 heavy (non-hydrogen) atoms. The number of rotatable bonds is 6. The molecule has 0 aromatic heterocycles. The van der Waals surface area contributed by atoms with Crippen LogP contribution in [0.3, 0.4) is 0 Å². The van der Waals surface area contributed by atoms with Crippen molar-refractivity contribution in [2.45, 2.75) is 6.92 Å². The van der Waals surface area contributed by atoms with E-state index in [9.17, 15) is 0 Å². The number of hydrogen-bond acceptors (Lipinski definition) is 4. The van der Waals surface area contributed by atoms with Crippen molar-refractivity contribution < 1.29 is 4.74 Å². The molecule has 1 N–H and O–H groups in total. The molecule has 0 amide bonds. The molecular formula is C19H27Cl2N3O. The molecule has 2 heterocycles. The van der Waals surface area contributed by atoms with Crippen LogP contribution in [0.5, 0.6) is 5.75 Å². The summed E-state index contributed by atoms with van der Waals surface area (Å²) in [5.41, 5.74) is 2.18. The van der Waals surface area contributed by atoms with Crippen molar-refractivity contribution in [2.75, 3.05) is 59.5 Å². The van der Waals surface area contributed by atoms with E-state index in [0.29, 0.717) is 22.6 Å². The van der Waals surface area contributed by atoms with Gasteiger partial charge >= 0.3 is 0 Å². The van der Waals surface area contributed by atoms with E-state index in [0.717, 1.165) is 30.9 Å². The van der Waals surface area contributed by atoms with Crippen molar-refractivity contribution in [1.82, 2.24) is 15.1 Å². The number of benzene rings is 1. The lowest BCUT2D eigenvalue weighted by Gasteiger charge is -2.34. The van der Waals surface area contributed by atoms with Crippen molar-refractivity contribution in [3.8, 4) is 5.75 Å². The number of hydrogen-bond donors (Lipinski definition) is 1. The molecule has 6 heteroatoms. The lowest BCUT2D eigenvalue weighted by Crippen LogP contribution is -2.46. The van der Waals surface area contributed by atoms with E-state index in [1.807, 2.05) is 6.07 Å². The average molecular weight is 384 g/mol. The Labute approximate surface area is 160 Å². The molecule has 1 aromatic carbocycles. The minimum atomic E-state index is 0.576. The zero-order valence-corrected chi connectivity index (χ0v) is 16.5. The molecule has 3 rings (SSSR count). The molecule has 1 aromatic rings. The van der Waals surface area contributed by atoms with Gasteiger partial charge in [0.05, 0.1) is 5.02 Å². The second kappa shape index (κ2) is 8.74. The molecular weight excluding hydrogens is 357 g/mol. The number of nitrogens with zero attached hydrogens (tertiary/aromatic N) is 2. The van der Waals surface area contributed by atoms with E-state index >= 15 is 0 Å². The first-order valence-corrected chi connectivity index (χ1v) is 9.70. The van der Waals surface area contributed by atoms with Crippen LogP contribution in [-0.4, -0.2) is 69.3 Å². The topological polar surface area (TPSA) is 27.7 Å². The summed E-state index contributed by atoms with van der Waals surface area (Å²) >= 11 is 12.3. The SMILES string of the molecule is CC(CNCC1=Cc2cc(Cl)cc(Cl)c2OC1)CN1CCN(C)CC1. The first kappa shape index (κ1) is 19.0. The summed E-state index contributed by atoms with van der Waals surface area (Å²) in [5.74, 6) is 1.36. The number of piperazine rings is 1. The zero-order chi connectivity index (χ0) is 17.8. The number of ether oxygens (including phenoxy) is 1. The first-order valence-electron chi connectivity index (χ1n) is 8.94. The van der Waals surface area contributed by atoms with Gasteiger partial charge in [-0.2, -0.15) is 0 Å². The summed E-state index contributed by atoms with van der Waals surface area (Å²) in [6.45, 7) is 10.6. The molecule has 0 bridgehead atoms. The molecule has 4 nitrogen and oxygen atoms in total. The van der Waals surface area contributed by atoms with Crippen LogP contribution in [-0.2, 0) is 0 Å². The molecule has 1 unspecified atom stereocenters. The highest BCUT2D eigenvalue weighted by atomic mass is 35.5. The Morgan fingerprint density at radius 3 is 2.72 bits per heavy atom. The van der Waals surface area contributed by atoms with Crippen molar-refractivity contribution in [3.63, 3.8) is 0 Å². The van der Waals surface area contributed by atoms with Gasteiger partial charge in [-0.25, -0.2) is 0 Å². The smallest absolute Gasteiger partial charge is 0.145 e. The van der Waals surface area contributed by atoms with E-state index < -0.39 is 0 Å². The number of nitrogens with one attached hydrogen (secondary N) is 1. The fourth-order valence-electron chi connectivity index (χ4n) is 3.38. The molecule has 0 radical (unpaired) electrons. The van der Waals surface area contributed by atoms with Crippen molar-refractivity contribution in [1.29, 1.82) is 0 Å². The van der Waals surface area contributed by atoms with Gasteiger partial charge < -0.3 is 19.9 Å². The van der Waals surface area contributed by atoms with Crippen LogP contribution in [0.25, 0.3) is 6.08 Å². The Kier molecular flexibility index (Phi) is 6.64. The van der Waals surface area contributed by atoms with E-state index in [1.54, 1.807) is 6.07 Å². The predicted octanol–water partition coefficient (Wildman–Crippen LogP) is 3.24. The van der Waals surface area contributed by atoms with Crippen LogP contribution in [0.2, 0.25) is 10.0 Å². The Morgan fingerprint density at radius 1 is 1.20 bits per heavy atom. The van der Waals surface area contributed by atoms with Gasteiger partial charge in [0.1, 0.15) is 12.4 Å². The molecule has 2 aliphatic rings. The molecule has 2 aliphatic heterocycles. The van der Waals surface area contributed by atoms with E-state index in [4.69, 9.17) is 27.9 Å². The van der Waals surface area contributed by atoms with Gasteiger partial charge in [0.15, 0.2) is 0 Å². The van der Waals surface area contributed by atoms with Gasteiger partial charge in [-0.1, -0.05) is 30.1 Å². The van der Waals surface area contributed by atoms with Crippen LogP contribution in [0.15, 0.2) is 17.7 Å². The van der Waals surface area contributed by atoms with Gasteiger partial charge in [0.2, 0.25) is 0 Å². The number of halogens is 2. The summed E-state index contributed by atoms with van der Waals surface area (Å²) < 4.78 is 5.80. The normalized spacial score (nSPS) is 19.9. The summed E-state index contributed by atoms with van der Waals surface area (Å²) in [7, 11) is 2.20. The largest absolute Gasteiger partial charge is 0.487 e. The fourth-order valence-corrected chi connectivity index (χ4v) is 3.95. The lowest BCUT2D eigenvalue weighted by molar-refractivity contribution is 0.138. The van der Waals surface area contributed by atoms with Crippen LogP contribution in [0, 0.1) is 5.92 Å². The van der Waals surface area contributed by atoms with Gasteiger partial charge in [0.25, 0.3) is 0 Å². The van der Waals surface area contributed by atoms with Gasteiger partial charge in [-0.15, -0.1) is 0 Å². The maximum absolute atomic E-state index is 6.18. The second-order valence-electron chi connectivity index (χ2n) is 7.24. The molecule has 0 spiro atoms. The Balaban J connectivity index is 1.45. The summed E-state index contributed by atoms with van der Waals surface area (Å²) in [6, 6.07) is 3.62. The molecule has 0 saturated carbocycles. The minimum absolute atomic E-state index is 0.576. The third-order valence-electron chi connectivity index (χ3n) is 4.81. The summed E-state index contributed by atoms with van der Waals surface area (Å²) in [4.78, 5) is 4.96. The number of likely N-dealkylation sites (N-methyl/N-ethyl adjacent to an activating group) is 1. The second-order valence-corrected chi connectivity index (χ2v) is 8.08. The van der Waals surface area contributed by atoms with Gasteiger partial charge in [-0.3, -0.25) is 0 Å². The zero-order valence-electron chi connectivity index (χ0n) is 15.0. The molecule has 1 saturated heterocycles. The highest BCUT2D eigenvalue weighted by Crippen LogP contribution is 2.36. The van der Waals surface area contributed by atoms with Crippen LogP contribution >= 0.6 is 23.2 Å². The van der Waals surface area contributed by atoms with Crippen LogP contribution in [0.4, 0.5) is 0 Å². The van der Waals surface area contributed by atoms with Crippen molar-refractivity contribution >= 4 is 29.3 Å². The Morgan fingerprint density at radius 2 is 1.96 bits per heavy atom. The third-order valence-corrected chi connectivity index (χ3v) is 5.31. The minimum Gasteiger partial charge on any atom is -0.487 e. The lowest BCUT2D eigenvalue weighted by atomic mass is 10.1. The maximum Gasteiger partial charge on any atom is 0.145 e. The monoisotopic (exact) mass is 383 g/mol. The van der Waals surface area contributed by atoms with E-state index in [1.165, 1.54) is 31.8 Å². The average Bonchev–Trinajstić information content (AvgIpc) is 2.56. The quantitative estimate of drug-likeness (QED) is 0.815. The van der Waals surface area contributed by atoms with E-state index in [2.05, 4.69) is 35.2 Å². The van der Waals surface area contributed by atoms with Crippen molar-refractivity contribution in [2.24, 2.45) is 5.92 Å². The molecule has 1 fully saturated rings. The maximum atomic E-state index is 6.18. The van der Waals surface area contributed by atoms with E-state index in [-0.39, 0.29) is 0 Å². The summed E-state index contributed by atoms with van der Waals surface area (Å²) in [6.07, 6.45) is 2.13. The van der Waals surface area contributed by atoms with Crippen molar-refractivity contribution in [3.05, 3.63) is 33.3 Å². The summed E-state index contributed by atoms with van der Waals surface area (Å²) in [5, 5.41) is 4.78. The highest BCUT2D eigenvalue weighted by molar-refractivity contribution is 6.36. The standard InChI is InChI=1S/C19H27Cl2N3O/c1-14(12-24-5-3-23(2)4-6-24)10-22-11-15-7-16-8-17(20)9-18(21)19(16)25-13-15/h7-9,14,22H,3-6,10-13H2,1-2H3. The van der Waals surface area contributed by atoms with Crippen LogP contribution < -0.4 is 10.1 Å². The Bertz CT molecular complexity index is 627. The van der Waals surface area contributed by atoms with Gasteiger partial charge in [0, 0.05) is 49.9 Å². The fraction of sp³-hybridized carbons (Fsp3) is 0.579. The molecule has 138 valence electrons. The Hall–Kier alpha value is -0.780. The third kappa shape index (κ3) is 5.35. The van der Waals surface area contributed by atoms with Crippen LogP contribution in [0.1, 0.15) is 12.5 Å². The molecule has 0 aliphatic carbocycles.